The highest BCUT2D eigenvalue weighted by atomic mass is 19.3. The smallest absolute Gasteiger partial charge is 0.395 e. The molecule has 0 atom stereocenters. The molecule has 3 aromatic rings. The van der Waals surface area contributed by atoms with Crippen LogP contribution in [0.3, 0.4) is 0 Å². The number of carbonyl (C=O) groups is 1. The second-order valence-corrected chi connectivity index (χ2v) is 10.1. The number of benzene rings is 2. The van der Waals surface area contributed by atoms with Crippen LogP contribution in [0.15, 0.2) is 42.5 Å². The number of alkyl halides is 2. The number of amides is 1. The monoisotopic (exact) mass is 455 g/mol. The predicted octanol–water partition coefficient (Wildman–Crippen LogP) is 5.13. The molecular formula is C25H27F2N3O3. The van der Waals surface area contributed by atoms with E-state index in [1.807, 2.05) is 37.3 Å². The van der Waals surface area contributed by atoms with Crippen molar-refractivity contribution in [3.8, 4) is 11.5 Å². The third-order valence-corrected chi connectivity index (χ3v) is 6.34. The normalized spacial score (nSPS) is 17.8. The number of rotatable bonds is 4. The molecule has 0 unspecified atom stereocenters. The molecule has 1 amide bonds. The maximum Gasteiger partial charge on any atom is 0.586 e. The van der Waals surface area contributed by atoms with Gasteiger partial charge in [0.15, 0.2) is 11.5 Å². The highest BCUT2D eigenvalue weighted by molar-refractivity contribution is 6.02. The van der Waals surface area contributed by atoms with Gasteiger partial charge in [0.05, 0.1) is 10.9 Å². The number of carbonyl (C=O) groups excluding carboxylic acids is 1. The number of aromatic nitrogens is 1. The summed E-state index contributed by atoms with van der Waals surface area (Å²) in [6.45, 7) is 6.51. The van der Waals surface area contributed by atoms with E-state index in [0.29, 0.717) is 24.1 Å². The number of nitrogens with one attached hydrogen (secondary N) is 1. The van der Waals surface area contributed by atoms with Crippen LogP contribution >= 0.6 is 0 Å². The molecule has 2 aliphatic rings. The van der Waals surface area contributed by atoms with E-state index in [4.69, 9.17) is 0 Å². The van der Waals surface area contributed by atoms with E-state index < -0.39 is 11.7 Å². The van der Waals surface area contributed by atoms with Gasteiger partial charge in [-0.2, -0.15) is 0 Å². The Morgan fingerprint density at radius 2 is 1.73 bits per heavy atom. The third kappa shape index (κ3) is 3.57. The molecule has 174 valence electrons. The average molecular weight is 456 g/mol. The number of nitrogens with zero attached hydrogens (tertiary/aromatic N) is 2. The summed E-state index contributed by atoms with van der Waals surface area (Å²) in [6.07, 6.45) is -2.39. The summed E-state index contributed by atoms with van der Waals surface area (Å²) in [5.41, 5.74) is 2.76. The Labute approximate surface area is 191 Å². The van der Waals surface area contributed by atoms with E-state index in [0.717, 1.165) is 10.9 Å². The van der Waals surface area contributed by atoms with Crippen molar-refractivity contribution in [1.29, 1.82) is 0 Å². The summed E-state index contributed by atoms with van der Waals surface area (Å²) in [4.78, 5) is 13.3. The van der Waals surface area contributed by atoms with Gasteiger partial charge in [-0.05, 0) is 54.8 Å². The standard InChI is InChI=1S/C25H27F2N3O3/c1-23(2,3)21-13-15-12-17(7-8-18(15)30(21)29(4)5)28-22(31)24(10-11-24)16-6-9-19-20(14-16)33-25(26,27)32-19/h6-9,12-14H,10-11H2,1-5H3,(H,28,31). The first kappa shape index (κ1) is 21.6. The third-order valence-electron chi connectivity index (χ3n) is 6.34. The summed E-state index contributed by atoms with van der Waals surface area (Å²) in [6, 6.07) is 12.6. The van der Waals surface area contributed by atoms with E-state index in [9.17, 15) is 13.6 Å². The molecule has 5 rings (SSSR count). The Bertz CT molecular complexity index is 1270. The van der Waals surface area contributed by atoms with Crippen LogP contribution in [0.1, 0.15) is 44.9 Å². The van der Waals surface area contributed by atoms with Gasteiger partial charge in [0, 0.05) is 36.3 Å². The predicted molar refractivity (Wildman–Crippen MR) is 123 cm³/mol. The van der Waals surface area contributed by atoms with Crippen LogP contribution in [-0.2, 0) is 15.6 Å². The molecule has 0 saturated heterocycles. The van der Waals surface area contributed by atoms with Crippen molar-refractivity contribution >= 4 is 22.5 Å². The SMILES string of the molecule is CN(C)n1c(C(C)(C)C)cc2cc(NC(=O)C3(c4ccc5c(c4)OC(F)(F)O5)CC3)ccc21. The van der Waals surface area contributed by atoms with Gasteiger partial charge in [-0.3, -0.25) is 9.47 Å². The first-order valence-corrected chi connectivity index (χ1v) is 11.0. The van der Waals surface area contributed by atoms with Crippen molar-refractivity contribution in [2.24, 2.45) is 0 Å². The number of hydrogen-bond donors (Lipinski definition) is 1. The highest BCUT2D eigenvalue weighted by Crippen LogP contribution is 2.52. The quantitative estimate of drug-likeness (QED) is 0.593. The fourth-order valence-corrected chi connectivity index (χ4v) is 4.51. The van der Waals surface area contributed by atoms with Crippen molar-refractivity contribution < 1.29 is 23.0 Å². The van der Waals surface area contributed by atoms with Crippen LogP contribution in [0.25, 0.3) is 10.9 Å². The first-order valence-electron chi connectivity index (χ1n) is 11.0. The minimum absolute atomic E-state index is 0.0227. The van der Waals surface area contributed by atoms with Gasteiger partial charge >= 0.3 is 6.29 Å². The second kappa shape index (κ2) is 6.85. The molecule has 1 fully saturated rings. The van der Waals surface area contributed by atoms with Crippen LogP contribution in [0.4, 0.5) is 14.5 Å². The first-order chi connectivity index (χ1) is 15.4. The number of hydrogen-bond acceptors (Lipinski definition) is 4. The summed E-state index contributed by atoms with van der Waals surface area (Å²) in [7, 11) is 4.00. The van der Waals surface area contributed by atoms with E-state index in [2.05, 4.69) is 46.3 Å². The van der Waals surface area contributed by atoms with Crippen LogP contribution in [-0.4, -0.2) is 31.0 Å². The lowest BCUT2D eigenvalue weighted by Crippen LogP contribution is -2.30. The molecule has 1 aliphatic carbocycles. The molecule has 33 heavy (non-hydrogen) atoms. The van der Waals surface area contributed by atoms with Gasteiger partial charge in [0.2, 0.25) is 5.91 Å². The maximum atomic E-state index is 13.4. The molecule has 1 N–H and O–H groups in total. The van der Waals surface area contributed by atoms with Crippen LogP contribution in [0.2, 0.25) is 0 Å². The lowest BCUT2D eigenvalue weighted by atomic mass is 9.92. The fourth-order valence-electron chi connectivity index (χ4n) is 4.51. The summed E-state index contributed by atoms with van der Waals surface area (Å²) in [5.74, 6) is -0.223. The molecule has 2 aromatic carbocycles. The molecule has 2 heterocycles. The van der Waals surface area contributed by atoms with Gasteiger partial charge in [-0.1, -0.05) is 26.8 Å². The molecule has 8 heteroatoms. The fraction of sp³-hybridized carbons (Fsp3) is 0.400. The topological polar surface area (TPSA) is 55.7 Å². The summed E-state index contributed by atoms with van der Waals surface area (Å²) >= 11 is 0. The lowest BCUT2D eigenvalue weighted by Gasteiger charge is -2.26. The van der Waals surface area contributed by atoms with E-state index >= 15 is 0 Å². The summed E-state index contributed by atoms with van der Waals surface area (Å²) < 4.78 is 38.0. The number of anilines is 1. The zero-order chi connectivity index (χ0) is 23.8. The lowest BCUT2D eigenvalue weighted by molar-refractivity contribution is -0.286. The Balaban J connectivity index is 1.43. The van der Waals surface area contributed by atoms with E-state index in [1.165, 1.54) is 17.8 Å². The van der Waals surface area contributed by atoms with Crippen molar-refractivity contribution in [2.75, 3.05) is 24.4 Å². The van der Waals surface area contributed by atoms with Crippen LogP contribution in [0, 0.1) is 0 Å². The minimum Gasteiger partial charge on any atom is -0.395 e. The average Bonchev–Trinajstić information content (AvgIpc) is 3.32. The maximum absolute atomic E-state index is 13.4. The highest BCUT2D eigenvalue weighted by Gasteiger charge is 2.52. The van der Waals surface area contributed by atoms with E-state index in [-0.39, 0.29) is 22.8 Å². The zero-order valence-electron chi connectivity index (χ0n) is 19.3. The van der Waals surface area contributed by atoms with Crippen molar-refractivity contribution in [1.82, 2.24) is 4.68 Å². The molecule has 0 spiro atoms. The molecule has 1 saturated carbocycles. The van der Waals surface area contributed by atoms with Crippen LogP contribution in [0.5, 0.6) is 11.5 Å². The number of halogens is 2. The van der Waals surface area contributed by atoms with Crippen molar-refractivity contribution in [2.45, 2.75) is 50.7 Å². The molecule has 6 nitrogen and oxygen atoms in total. The largest absolute Gasteiger partial charge is 0.586 e. The Kier molecular flexibility index (Phi) is 4.48. The van der Waals surface area contributed by atoms with Gasteiger partial charge in [-0.15, -0.1) is 8.78 Å². The van der Waals surface area contributed by atoms with Gasteiger partial charge in [0.1, 0.15) is 0 Å². The zero-order valence-corrected chi connectivity index (χ0v) is 19.3. The van der Waals surface area contributed by atoms with Crippen LogP contribution < -0.4 is 19.8 Å². The molecule has 0 bridgehead atoms. The van der Waals surface area contributed by atoms with Crippen molar-refractivity contribution in [3.63, 3.8) is 0 Å². The molecular weight excluding hydrogens is 428 g/mol. The summed E-state index contributed by atoms with van der Waals surface area (Å²) in [5, 5.41) is 6.11. The van der Waals surface area contributed by atoms with Gasteiger partial charge < -0.3 is 19.8 Å². The second-order valence-electron chi connectivity index (χ2n) is 10.1. The molecule has 1 aliphatic heterocycles. The van der Waals surface area contributed by atoms with Crippen molar-refractivity contribution in [3.05, 3.63) is 53.7 Å². The van der Waals surface area contributed by atoms with E-state index in [1.54, 1.807) is 6.07 Å². The number of fused-ring (bicyclic) bond motifs is 2. The molecule has 0 radical (unpaired) electrons. The van der Waals surface area contributed by atoms with Gasteiger partial charge in [-0.25, -0.2) is 0 Å². The Morgan fingerprint density at radius 1 is 1.03 bits per heavy atom. The Morgan fingerprint density at radius 3 is 2.36 bits per heavy atom. The molecule has 1 aromatic heterocycles. The van der Waals surface area contributed by atoms with Gasteiger partial charge in [0.25, 0.3) is 0 Å². The minimum atomic E-state index is -3.68. The Hall–Kier alpha value is -3.29. The number of ether oxygens (including phenoxy) is 2.